The molecule has 156 valence electrons. The zero-order valence-corrected chi connectivity index (χ0v) is 16.7. The lowest BCUT2D eigenvalue weighted by Crippen LogP contribution is -2.56. The van der Waals surface area contributed by atoms with Crippen LogP contribution in [0.25, 0.3) is 0 Å². The van der Waals surface area contributed by atoms with Crippen molar-refractivity contribution in [2.75, 3.05) is 13.2 Å². The molecular weight excluding hydrogens is 370 g/mol. The Bertz CT molecular complexity index is 858. The monoisotopic (exact) mass is 397 g/mol. The SMILES string of the molecule is C=CCn1c(=O)n(CC2COC(C)(C)O2)c(=O)n(CC2COC(C)(C)O2)c1=O. The Kier molecular flexibility index (Phi) is 5.50. The average Bonchev–Trinajstić information content (AvgIpc) is 3.13. The van der Waals surface area contributed by atoms with Gasteiger partial charge in [-0.2, -0.15) is 0 Å². The minimum Gasteiger partial charge on any atom is -0.348 e. The molecule has 2 unspecified atom stereocenters. The Hall–Kier alpha value is -2.01. The second-order valence-corrected chi connectivity index (χ2v) is 7.87. The van der Waals surface area contributed by atoms with E-state index in [1.165, 1.54) is 6.08 Å². The Balaban J connectivity index is 1.98. The number of nitrogens with zero attached hydrogens (tertiary/aromatic N) is 3. The van der Waals surface area contributed by atoms with Crippen molar-refractivity contribution < 1.29 is 18.9 Å². The fourth-order valence-electron chi connectivity index (χ4n) is 3.39. The number of allylic oxidation sites excluding steroid dienone is 1. The van der Waals surface area contributed by atoms with Crippen LogP contribution in [-0.2, 0) is 38.6 Å². The molecule has 2 saturated heterocycles. The van der Waals surface area contributed by atoms with E-state index in [2.05, 4.69) is 6.58 Å². The molecule has 0 saturated carbocycles. The van der Waals surface area contributed by atoms with Gasteiger partial charge in [-0.05, 0) is 27.7 Å². The topological polar surface area (TPSA) is 103 Å². The summed E-state index contributed by atoms with van der Waals surface area (Å²) in [5.74, 6) is -1.58. The molecule has 10 nitrogen and oxygen atoms in total. The molecule has 2 aliphatic rings. The van der Waals surface area contributed by atoms with E-state index in [0.717, 1.165) is 13.7 Å². The van der Waals surface area contributed by atoms with Gasteiger partial charge in [0.25, 0.3) is 0 Å². The van der Waals surface area contributed by atoms with Crippen LogP contribution in [-0.4, -0.2) is 50.7 Å². The van der Waals surface area contributed by atoms with Crippen molar-refractivity contribution in [3.05, 3.63) is 44.1 Å². The van der Waals surface area contributed by atoms with Crippen LogP contribution >= 0.6 is 0 Å². The summed E-state index contributed by atoms with van der Waals surface area (Å²) in [5.41, 5.74) is -2.12. The molecule has 10 heteroatoms. The van der Waals surface area contributed by atoms with Crippen LogP contribution in [0.5, 0.6) is 0 Å². The summed E-state index contributed by atoms with van der Waals surface area (Å²) in [7, 11) is 0. The van der Waals surface area contributed by atoms with Gasteiger partial charge in [0.1, 0.15) is 12.2 Å². The summed E-state index contributed by atoms with van der Waals surface area (Å²) in [6.45, 7) is 11.0. The molecule has 3 heterocycles. The minimum absolute atomic E-state index is 0.0149. The highest BCUT2D eigenvalue weighted by molar-refractivity contribution is 4.86. The number of hydrogen-bond acceptors (Lipinski definition) is 7. The van der Waals surface area contributed by atoms with Crippen LogP contribution < -0.4 is 17.1 Å². The highest BCUT2D eigenvalue weighted by Crippen LogP contribution is 2.23. The zero-order chi connectivity index (χ0) is 20.7. The van der Waals surface area contributed by atoms with E-state index in [0.29, 0.717) is 0 Å². The van der Waals surface area contributed by atoms with Gasteiger partial charge < -0.3 is 18.9 Å². The number of rotatable bonds is 6. The molecule has 28 heavy (non-hydrogen) atoms. The molecule has 0 radical (unpaired) electrons. The average molecular weight is 397 g/mol. The molecule has 1 aromatic rings. The fraction of sp³-hybridized carbons (Fsp3) is 0.722. The van der Waals surface area contributed by atoms with E-state index in [-0.39, 0.29) is 32.8 Å². The van der Waals surface area contributed by atoms with Gasteiger partial charge in [-0.25, -0.2) is 28.1 Å². The quantitative estimate of drug-likeness (QED) is 0.605. The summed E-state index contributed by atoms with van der Waals surface area (Å²) in [5, 5.41) is 0. The number of ether oxygens (including phenoxy) is 4. The van der Waals surface area contributed by atoms with E-state index in [1.54, 1.807) is 27.7 Å². The second kappa shape index (κ2) is 7.43. The zero-order valence-electron chi connectivity index (χ0n) is 16.7. The van der Waals surface area contributed by atoms with Crippen LogP contribution in [0.4, 0.5) is 0 Å². The standard InChI is InChI=1S/C18H27N3O7/c1-6-7-19-14(22)20(8-12-10-25-17(2,3)27-12)16(24)21(15(19)23)9-13-11-26-18(4,5)28-13/h6,12-13H,1,7-11H2,2-5H3. The first-order chi connectivity index (χ1) is 13.0. The maximum Gasteiger partial charge on any atom is 0.336 e. The summed E-state index contributed by atoms with van der Waals surface area (Å²) >= 11 is 0. The first kappa shape index (κ1) is 20.7. The molecule has 0 aromatic carbocycles. The summed E-state index contributed by atoms with van der Waals surface area (Å²) in [6.07, 6.45) is 0.473. The molecule has 0 amide bonds. The van der Waals surface area contributed by atoms with Crippen molar-refractivity contribution >= 4 is 0 Å². The molecule has 0 N–H and O–H groups in total. The Labute approximate surface area is 161 Å². The summed E-state index contributed by atoms with van der Waals surface area (Å²) in [4.78, 5) is 38.5. The van der Waals surface area contributed by atoms with E-state index in [9.17, 15) is 14.4 Å². The molecule has 2 aliphatic heterocycles. The van der Waals surface area contributed by atoms with E-state index in [4.69, 9.17) is 18.9 Å². The van der Waals surface area contributed by atoms with Crippen molar-refractivity contribution in [1.29, 1.82) is 0 Å². The van der Waals surface area contributed by atoms with Crippen molar-refractivity contribution in [2.45, 2.75) is 71.1 Å². The second-order valence-electron chi connectivity index (χ2n) is 7.87. The van der Waals surface area contributed by atoms with Crippen LogP contribution in [0, 0.1) is 0 Å². The van der Waals surface area contributed by atoms with E-state index in [1.807, 2.05) is 0 Å². The Morgan fingerprint density at radius 3 is 1.57 bits per heavy atom. The maximum atomic E-state index is 13.0. The van der Waals surface area contributed by atoms with E-state index >= 15 is 0 Å². The minimum atomic E-state index is -0.788. The lowest BCUT2D eigenvalue weighted by molar-refractivity contribution is -0.140. The molecule has 0 bridgehead atoms. The molecular formula is C18H27N3O7. The Morgan fingerprint density at radius 1 is 0.857 bits per heavy atom. The van der Waals surface area contributed by atoms with Gasteiger partial charge in [0, 0.05) is 0 Å². The normalized spacial score (nSPS) is 25.9. The smallest absolute Gasteiger partial charge is 0.336 e. The molecule has 2 fully saturated rings. The number of aromatic nitrogens is 3. The highest BCUT2D eigenvalue weighted by Gasteiger charge is 2.35. The number of hydrogen-bond donors (Lipinski definition) is 0. The maximum absolute atomic E-state index is 13.0. The van der Waals surface area contributed by atoms with Gasteiger partial charge in [-0.1, -0.05) is 6.08 Å². The van der Waals surface area contributed by atoms with Crippen LogP contribution in [0.15, 0.2) is 27.0 Å². The van der Waals surface area contributed by atoms with Gasteiger partial charge in [0.15, 0.2) is 11.6 Å². The first-order valence-electron chi connectivity index (χ1n) is 9.22. The van der Waals surface area contributed by atoms with E-state index < -0.39 is 40.9 Å². The fourth-order valence-corrected chi connectivity index (χ4v) is 3.39. The predicted octanol–water partition coefficient (Wildman–Crippen LogP) is -0.339. The molecule has 1 aromatic heterocycles. The highest BCUT2D eigenvalue weighted by atomic mass is 16.7. The van der Waals surface area contributed by atoms with Gasteiger partial charge >= 0.3 is 17.1 Å². The molecule has 0 spiro atoms. The molecule has 2 atom stereocenters. The molecule has 3 rings (SSSR count). The predicted molar refractivity (Wildman–Crippen MR) is 99.2 cm³/mol. The van der Waals surface area contributed by atoms with Gasteiger partial charge in [0.2, 0.25) is 0 Å². The van der Waals surface area contributed by atoms with Crippen molar-refractivity contribution in [3.63, 3.8) is 0 Å². The Morgan fingerprint density at radius 2 is 1.25 bits per heavy atom. The van der Waals surface area contributed by atoms with Gasteiger partial charge in [-0.15, -0.1) is 6.58 Å². The van der Waals surface area contributed by atoms with Gasteiger partial charge in [-0.3, -0.25) is 0 Å². The van der Waals surface area contributed by atoms with Crippen molar-refractivity contribution in [2.24, 2.45) is 0 Å². The van der Waals surface area contributed by atoms with Crippen molar-refractivity contribution in [1.82, 2.24) is 13.7 Å². The third kappa shape index (κ3) is 4.19. The molecule has 0 aliphatic carbocycles. The van der Waals surface area contributed by atoms with Crippen LogP contribution in [0.2, 0.25) is 0 Å². The van der Waals surface area contributed by atoms with Gasteiger partial charge in [0.05, 0.1) is 32.8 Å². The first-order valence-corrected chi connectivity index (χ1v) is 9.22. The van der Waals surface area contributed by atoms with Crippen molar-refractivity contribution in [3.8, 4) is 0 Å². The summed E-state index contributed by atoms with van der Waals surface area (Å²) < 4.78 is 25.4. The largest absolute Gasteiger partial charge is 0.348 e. The lowest BCUT2D eigenvalue weighted by Gasteiger charge is -2.19. The van der Waals surface area contributed by atoms with Crippen LogP contribution in [0.1, 0.15) is 27.7 Å². The summed E-state index contributed by atoms with van der Waals surface area (Å²) in [6, 6.07) is 0. The lowest BCUT2D eigenvalue weighted by atomic mass is 10.3. The van der Waals surface area contributed by atoms with Crippen LogP contribution in [0.3, 0.4) is 0 Å². The third-order valence-corrected chi connectivity index (χ3v) is 4.60. The third-order valence-electron chi connectivity index (χ3n) is 4.60.